The van der Waals surface area contributed by atoms with Crippen LogP contribution in [0.4, 0.5) is 11.5 Å². The number of amides is 1. The van der Waals surface area contributed by atoms with Gasteiger partial charge in [-0.3, -0.25) is 9.79 Å². The first-order chi connectivity index (χ1) is 17.0. The summed E-state index contributed by atoms with van der Waals surface area (Å²) in [4.78, 5) is 35.5. The van der Waals surface area contributed by atoms with Gasteiger partial charge in [0.1, 0.15) is 22.7 Å². The Morgan fingerprint density at radius 1 is 1.26 bits per heavy atom. The van der Waals surface area contributed by atoms with Crippen LogP contribution in [0, 0.1) is 5.92 Å². The zero-order valence-corrected chi connectivity index (χ0v) is 20.9. The fourth-order valence-electron chi connectivity index (χ4n) is 5.42. The van der Waals surface area contributed by atoms with E-state index in [2.05, 4.69) is 25.3 Å². The molecule has 1 aliphatic carbocycles. The van der Waals surface area contributed by atoms with Gasteiger partial charge in [-0.2, -0.15) is 0 Å². The molecule has 0 unspecified atom stereocenters. The monoisotopic (exact) mass is 492 g/mol. The molecule has 5 heterocycles. The number of hydrogen-bond donors (Lipinski definition) is 1. The molecule has 1 saturated heterocycles. The van der Waals surface area contributed by atoms with Gasteiger partial charge in [-0.1, -0.05) is 0 Å². The number of nitrogens with one attached hydrogen (secondary N) is 1. The van der Waals surface area contributed by atoms with E-state index in [9.17, 15) is 4.79 Å². The molecule has 0 aromatic carbocycles. The summed E-state index contributed by atoms with van der Waals surface area (Å²) in [5, 5.41) is 4.48. The summed E-state index contributed by atoms with van der Waals surface area (Å²) in [7, 11) is 1.62. The van der Waals surface area contributed by atoms with Crippen LogP contribution in [0.25, 0.3) is 10.2 Å². The van der Waals surface area contributed by atoms with E-state index in [4.69, 9.17) is 9.47 Å². The van der Waals surface area contributed by atoms with Crippen LogP contribution in [0.3, 0.4) is 0 Å². The second-order valence-corrected chi connectivity index (χ2v) is 10.6. The third-order valence-corrected chi connectivity index (χ3v) is 8.11. The number of aromatic nitrogens is 3. The van der Waals surface area contributed by atoms with E-state index in [1.807, 2.05) is 31.0 Å². The number of anilines is 2. The van der Waals surface area contributed by atoms with Crippen molar-refractivity contribution >= 4 is 45.2 Å². The quantitative estimate of drug-likeness (QED) is 0.595. The molecule has 0 saturated carbocycles. The Bertz CT molecular complexity index is 1330. The van der Waals surface area contributed by atoms with Crippen LogP contribution >= 0.6 is 11.3 Å². The highest BCUT2D eigenvalue weighted by molar-refractivity contribution is 7.19. The summed E-state index contributed by atoms with van der Waals surface area (Å²) < 4.78 is 11.4. The predicted molar refractivity (Wildman–Crippen MR) is 135 cm³/mol. The Labute approximate surface area is 207 Å². The number of fused-ring (bicyclic) bond motifs is 4. The molecule has 1 amide bonds. The lowest BCUT2D eigenvalue weighted by Gasteiger charge is -2.37. The summed E-state index contributed by atoms with van der Waals surface area (Å²) in [6, 6.07) is 2.00. The van der Waals surface area contributed by atoms with E-state index in [-0.39, 0.29) is 24.0 Å². The van der Waals surface area contributed by atoms with Crippen molar-refractivity contribution in [2.45, 2.75) is 51.9 Å². The summed E-state index contributed by atoms with van der Waals surface area (Å²) in [6.45, 7) is 5.97. The number of pyridine rings is 1. The fourth-order valence-corrected chi connectivity index (χ4v) is 6.69. The Hall–Kier alpha value is -3.11. The van der Waals surface area contributed by atoms with Crippen LogP contribution in [-0.2, 0) is 28.9 Å². The number of aliphatic imine (C=N–C) groups is 1. The number of carbonyl (C=O) groups is 1. The molecule has 182 valence electrons. The van der Waals surface area contributed by atoms with Gasteiger partial charge in [0.25, 0.3) is 0 Å². The van der Waals surface area contributed by atoms with Crippen LogP contribution in [0.5, 0.6) is 5.88 Å². The van der Waals surface area contributed by atoms with E-state index in [0.29, 0.717) is 25.5 Å². The minimum absolute atomic E-state index is 0.00211. The van der Waals surface area contributed by atoms with Crippen molar-refractivity contribution in [2.24, 2.45) is 10.9 Å². The molecular weight excluding hydrogens is 464 g/mol. The predicted octanol–water partition coefficient (Wildman–Crippen LogP) is 3.51. The summed E-state index contributed by atoms with van der Waals surface area (Å²) >= 11 is 1.67. The smallest absolute Gasteiger partial charge is 0.237 e. The van der Waals surface area contributed by atoms with Crippen molar-refractivity contribution in [3.05, 3.63) is 34.1 Å². The normalized spacial score (nSPS) is 23.3. The van der Waals surface area contributed by atoms with Crippen molar-refractivity contribution in [3.63, 3.8) is 0 Å². The maximum atomic E-state index is 13.3. The Balaban J connectivity index is 1.29. The molecule has 0 bridgehead atoms. The highest BCUT2D eigenvalue weighted by atomic mass is 32.1. The molecule has 6 rings (SSSR count). The van der Waals surface area contributed by atoms with Crippen LogP contribution in [0.2, 0.25) is 0 Å². The maximum absolute atomic E-state index is 13.3. The van der Waals surface area contributed by atoms with Crippen LogP contribution < -0.4 is 10.1 Å². The molecule has 1 fully saturated rings. The van der Waals surface area contributed by atoms with Gasteiger partial charge in [0.05, 0.1) is 36.9 Å². The lowest BCUT2D eigenvalue weighted by atomic mass is 9.86. The SMILES string of the molecule is COc1nc2c(cc1Nc1ncnc3sc4c(c13)CC[C@H](C(=O)N1C[C@@H](C)O[C@@H](C)C1)C4)C=NC2. The maximum Gasteiger partial charge on any atom is 0.237 e. The van der Waals surface area contributed by atoms with Crippen molar-refractivity contribution < 1.29 is 14.3 Å². The number of carbonyl (C=O) groups excluding carboxylic acids is 1. The molecule has 3 aromatic rings. The molecule has 2 aliphatic heterocycles. The van der Waals surface area contributed by atoms with Crippen LogP contribution in [0.15, 0.2) is 17.4 Å². The Morgan fingerprint density at radius 2 is 2.09 bits per heavy atom. The van der Waals surface area contributed by atoms with Crippen LogP contribution in [-0.4, -0.2) is 64.4 Å². The second kappa shape index (κ2) is 8.83. The molecule has 3 atom stereocenters. The van der Waals surface area contributed by atoms with Crippen molar-refractivity contribution in [3.8, 4) is 5.88 Å². The van der Waals surface area contributed by atoms with Gasteiger partial charge >= 0.3 is 0 Å². The van der Waals surface area contributed by atoms with E-state index in [1.165, 1.54) is 10.4 Å². The number of thiophene rings is 1. The van der Waals surface area contributed by atoms with E-state index < -0.39 is 0 Å². The number of methoxy groups -OCH3 is 1. The average Bonchev–Trinajstić information content (AvgIpc) is 3.46. The summed E-state index contributed by atoms with van der Waals surface area (Å²) in [6.07, 6.45) is 5.97. The minimum atomic E-state index is -0.00211. The van der Waals surface area contributed by atoms with E-state index in [1.54, 1.807) is 24.8 Å². The molecule has 1 N–H and O–H groups in total. The Kier molecular flexibility index (Phi) is 5.64. The second-order valence-electron chi connectivity index (χ2n) is 9.52. The number of ether oxygens (including phenoxy) is 2. The first-order valence-electron chi connectivity index (χ1n) is 12.0. The number of morpholine rings is 1. The highest BCUT2D eigenvalue weighted by Crippen LogP contribution is 2.41. The summed E-state index contributed by atoms with van der Waals surface area (Å²) in [5.74, 6) is 1.50. The first kappa shape index (κ1) is 22.4. The fraction of sp³-hybridized carbons (Fsp3) is 0.480. The van der Waals surface area contributed by atoms with Gasteiger partial charge in [0, 0.05) is 35.7 Å². The number of hydrogen-bond acceptors (Lipinski definition) is 9. The van der Waals surface area contributed by atoms with Gasteiger partial charge in [-0.05, 0) is 44.7 Å². The molecule has 3 aliphatic rings. The topological polar surface area (TPSA) is 102 Å². The largest absolute Gasteiger partial charge is 0.480 e. The highest BCUT2D eigenvalue weighted by Gasteiger charge is 2.34. The minimum Gasteiger partial charge on any atom is -0.480 e. The number of aryl methyl sites for hydroxylation is 1. The third kappa shape index (κ3) is 4.04. The Morgan fingerprint density at radius 3 is 2.89 bits per heavy atom. The number of nitrogens with zero attached hydrogens (tertiary/aromatic N) is 5. The zero-order valence-electron chi connectivity index (χ0n) is 20.1. The molecule has 9 nitrogen and oxygen atoms in total. The molecule has 35 heavy (non-hydrogen) atoms. The summed E-state index contributed by atoms with van der Waals surface area (Å²) in [5.41, 5.74) is 3.89. The van der Waals surface area contributed by atoms with Crippen LogP contribution in [0.1, 0.15) is 42.0 Å². The zero-order chi connectivity index (χ0) is 24.1. The lowest BCUT2D eigenvalue weighted by Crippen LogP contribution is -2.50. The number of rotatable bonds is 4. The first-order valence-corrected chi connectivity index (χ1v) is 12.9. The third-order valence-electron chi connectivity index (χ3n) is 6.94. The van der Waals surface area contributed by atoms with Gasteiger partial charge in [0.15, 0.2) is 0 Å². The van der Waals surface area contributed by atoms with Gasteiger partial charge in [0.2, 0.25) is 11.8 Å². The van der Waals surface area contributed by atoms with Crippen molar-refractivity contribution in [1.82, 2.24) is 19.9 Å². The standard InChI is InChI=1S/C25H28N6O3S/c1-13-10-31(11-14(2)34-13)25(32)15-4-5-17-20(7-15)35-24-21(17)22(27-12-28-24)29-18-6-16-8-26-9-19(16)30-23(18)33-3/h6,8,12-15H,4-5,7,9-11H2,1-3H3,(H,27,28,29)/t13-,14+,15-/m0/s1. The molecule has 0 radical (unpaired) electrons. The van der Waals surface area contributed by atoms with E-state index >= 15 is 0 Å². The molecule has 10 heteroatoms. The van der Waals surface area contributed by atoms with Crippen molar-refractivity contribution in [1.29, 1.82) is 0 Å². The van der Waals surface area contributed by atoms with Gasteiger partial charge in [-0.25, -0.2) is 15.0 Å². The van der Waals surface area contributed by atoms with Crippen molar-refractivity contribution in [2.75, 3.05) is 25.5 Å². The lowest BCUT2D eigenvalue weighted by molar-refractivity contribution is -0.147. The molecule has 3 aromatic heterocycles. The molecular formula is C25H28N6O3S. The van der Waals surface area contributed by atoms with E-state index in [0.717, 1.165) is 52.2 Å². The average molecular weight is 493 g/mol. The molecule has 0 spiro atoms. The van der Waals surface area contributed by atoms with Gasteiger partial charge in [-0.15, -0.1) is 11.3 Å². The van der Waals surface area contributed by atoms with Gasteiger partial charge < -0.3 is 19.7 Å².